The van der Waals surface area contributed by atoms with Crippen LogP contribution in [-0.2, 0) is 4.74 Å². The molecule has 0 bridgehead atoms. The molecule has 0 heterocycles. The number of hydrogen-bond acceptors (Lipinski definition) is 3. The molecule has 3 heteroatoms. The number of aryl methyl sites for hydroxylation is 1. The minimum Gasteiger partial charge on any atom is -0.397 e. The maximum absolute atomic E-state index is 5.84. The molecule has 0 aliphatic carbocycles. The van der Waals surface area contributed by atoms with Gasteiger partial charge in [0.05, 0.1) is 11.4 Å². The first-order valence-corrected chi connectivity index (χ1v) is 4.83. The van der Waals surface area contributed by atoms with Gasteiger partial charge in [-0.05, 0) is 25.0 Å². The Hall–Kier alpha value is -1.22. The van der Waals surface area contributed by atoms with E-state index in [9.17, 15) is 0 Å². The highest BCUT2D eigenvalue weighted by atomic mass is 16.5. The Morgan fingerprint density at radius 1 is 1.43 bits per heavy atom. The zero-order chi connectivity index (χ0) is 10.4. The van der Waals surface area contributed by atoms with E-state index in [0.29, 0.717) is 0 Å². The highest BCUT2D eigenvalue weighted by Gasteiger charge is 2.00. The number of nitrogens with two attached hydrogens (primary N) is 1. The number of methoxy groups -OCH3 is 1. The molecule has 0 aromatic heterocycles. The lowest BCUT2D eigenvalue weighted by Gasteiger charge is -2.11. The van der Waals surface area contributed by atoms with Crippen molar-refractivity contribution in [1.29, 1.82) is 0 Å². The van der Waals surface area contributed by atoms with Gasteiger partial charge in [-0.25, -0.2) is 0 Å². The van der Waals surface area contributed by atoms with Gasteiger partial charge in [0.15, 0.2) is 0 Å². The standard InChI is InChI=1S/C11H18N2O/c1-9-5-3-6-10(12)11(9)13-7-4-8-14-2/h3,5-6,13H,4,7-8,12H2,1-2H3. The van der Waals surface area contributed by atoms with Crippen LogP contribution >= 0.6 is 0 Å². The number of anilines is 2. The molecule has 0 aliphatic rings. The summed E-state index contributed by atoms with van der Waals surface area (Å²) >= 11 is 0. The van der Waals surface area contributed by atoms with Gasteiger partial charge in [-0.1, -0.05) is 12.1 Å². The monoisotopic (exact) mass is 194 g/mol. The summed E-state index contributed by atoms with van der Waals surface area (Å²) in [6.07, 6.45) is 0.990. The van der Waals surface area contributed by atoms with Crippen LogP contribution in [0.4, 0.5) is 11.4 Å². The minimum atomic E-state index is 0.777. The number of nitrogens with one attached hydrogen (secondary N) is 1. The third-order valence-electron chi connectivity index (χ3n) is 2.13. The fraction of sp³-hybridized carbons (Fsp3) is 0.455. The second-order valence-corrected chi connectivity index (χ2v) is 3.31. The van der Waals surface area contributed by atoms with Crippen molar-refractivity contribution in [1.82, 2.24) is 0 Å². The maximum atomic E-state index is 5.84. The lowest BCUT2D eigenvalue weighted by atomic mass is 10.1. The van der Waals surface area contributed by atoms with Crippen LogP contribution in [0.15, 0.2) is 18.2 Å². The fourth-order valence-electron chi connectivity index (χ4n) is 1.36. The van der Waals surface area contributed by atoms with Gasteiger partial charge < -0.3 is 15.8 Å². The quantitative estimate of drug-likeness (QED) is 0.557. The van der Waals surface area contributed by atoms with Gasteiger partial charge in [0.1, 0.15) is 0 Å². The fourth-order valence-corrected chi connectivity index (χ4v) is 1.36. The molecule has 0 fully saturated rings. The van der Waals surface area contributed by atoms with E-state index in [2.05, 4.69) is 18.3 Å². The van der Waals surface area contributed by atoms with Gasteiger partial charge in [0.25, 0.3) is 0 Å². The number of para-hydroxylation sites is 1. The van der Waals surface area contributed by atoms with Crippen LogP contribution < -0.4 is 11.1 Å². The van der Waals surface area contributed by atoms with Crippen LogP contribution in [0.1, 0.15) is 12.0 Å². The van der Waals surface area contributed by atoms with Crippen molar-refractivity contribution >= 4 is 11.4 Å². The van der Waals surface area contributed by atoms with E-state index in [0.717, 1.165) is 30.9 Å². The molecule has 0 atom stereocenters. The van der Waals surface area contributed by atoms with Crippen LogP contribution in [0.25, 0.3) is 0 Å². The number of nitrogen functional groups attached to an aromatic ring is 1. The second-order valence-electron chi connectivity index (χ2n) is 3.31. The topological polar surface area (TPSA) is 47.3 Å². The Labute approximate surface area is 85.3 Å². The second kappa shape index (κ2) is 5.50. The number of benzene rings is 1. The first kappa shape index (κ1) is 10.9. The van der Waals surface area contributed by atoms with E-state index in [1.807, 2.05) is 12.1 Å². The normalized spacial score (nSPS) is 10.1. The molecule has 1 aromatic carbocycles. The lowest BCUT2D eigenvalue weighted by molar-refractivity contribution is 0.198. The number of rotatable bonds is 5. The molecular weight excluding hydrogens is 176 g/mol. The van der Waals surface area contributed by atoms with Crippen LogP contribution in [0, 0.1) is 6.92 Å². The molecule has 0 aliphatic heterocycles. The molecule has 0 saturated heterocycles. The van der Waals surface area contributed by atoms with Crippen LogP contribution in [0.5, 0.6) is 0 Å². The summed E-state index contributed by atoms with van der Waals surface area (Å²) in [5.41, 5.74) is 8.88. The average molecular weight is 194 g/mol. The molecule has 0 saturated carbocycles. The Balaban J connectivity index is 2.49. The van der Waals surface area contributed by atoms with Crippen molar-refractivity contribution < 1.29 is 4.74 Å². The molecule has 0 spiro atoms. The molecule has 1 aromatic rings. The summed E-state index contributed by atoms with van der Waals surface area (Å²) in [5, 5.41) is 3.31. The summed E-state index contributed by atoms with van der Waals surface area (Å²) in [6.45, 7) is 3.72. The largest absolute Gasteiger partial charge is 0.397 e. The smallest absolute Gasteiger partial charge is 0.0603 e. The van der Waals surface area contributed by atoms with E-state index in [-0.39, 0.29) is 0 Å². The van der Waals surface area contributed by atoms with Gasteiger partial charge >= 0.3 is 0 Å². The Morgan fingerprint density at radius 3 is 2.86 bits per heavy atom. The highest BCUT2D eigenvalue weighted by molar-refractivity contribution is 5.69. The minimum absolute atomic E-state index is 0.777. The summed E-state index contributed by atoms with van der Waals surface area (Å²) in [4.78, 5) is 0. The predicted octanol–water partition coefficient (Wildman–Crippen LogP) is 2.03. The molecule has 0 radical (unpaired) electrons. The van der Waals surface area contributed by atoms with E-state index in [1.54, 1.807) is 7.11 Å². The van der Waals surface area contributed by atoms with E-state index in [4.69, 9.17) is 10.5 Å². The summed E-state index contributed by atoms with van der Waals surface area (Å²) in [5.74, 6) is 0. The summed E-state index contributed by atoms with van der Waals surface area (Å²) < 4.78 is 4.97. The van der Waals surface area contributed by atoms with Crippen molar-refractivity contribution in [3.63, 3.8) is 0 Å². The summed E-state index contributed by atoms with van der Waals surface area (Å²) in [7, 11) is 1.71. The molecule has 0 amide bonds. The van der Waals surface area contributed by atoms with Gasteiger partial charge in [0.2, 0.25) is 0 Å². The molecule has 3 N–H and O–H groups in total. The van der Waals surface area contributed by atoms with Gasteiger partial charge in [-0.3, -0.25) is 0 Å². The third kappa shape index (κ3) is 2.92. The zero-order valence-corrected chi connectivity index (χ0v) is 8.84. The number of ether oxygens (including phenoxy) is 1. The molecule has 14 heavy (non-hydrogen) atoms. The van der Waals surface area contributed by atoms with Crippen LogP contribution in [0.2, 0.25) is 0 Å². The van der Waals surface area contributed by atoms with Gasteiger partial charge in [-0.2, -0.15) is 0 Å². The first-order valence-electron chi connectivity index (χ1n) is 4.83. The molecule has 1 rings (SSSR count). The Morgan fingerprint density at radius 2 is 2.21 bits per heavy atom. The lowest BCUT2D eigenvalue weighted by Crippen LogP contribution is -2.07. The van der Waals surface area contributed by atoms with Crippen molar-refractivity contribution in [2.75, 3.05) is 31.3 Å². The van der Waals surface area contributed by atoms with E-state index >= 15 is 0 Å². The zero-order valence-electron chi connectivity index (χ0n) is 8.84. The molecular formula is C11H18N2O. The molecule has 78 valence electrons. The van der Waals surface area contributed by atoms with Crippen molar-refractivity contribution in [3.05, 3.63) is 23.8 Å². The van der Waals surface area contributed by atoms with E-state index < -0.39 is 0 Å². The predicted molar refractivity (Wildman–Crippen MR) is 60.6 cm³/mol. The maximum Gasteiger partial charge on any atom is 0.0603 e. The molecule has 0 unspecified atom stereocenters. The number of hydrogen-bond donors (Lipinski definition) is 2. The first-order chi connectivity index (χ1) is 6.75. The Bertz CT molecular complexity index is 266. The van der Waals surface area contributed by atoms with Crippen molar-refractivity contribution in [2.45, 2.75) is 13.3 Å². The SMILES string of the molecule is COCCCNc1c(C)cccc1N. The van der Waals surface area contributed by atoms with E-state index in [1.165, 1.54) is 5.56 Å². The molecule has 3 nitrogen and oxygen atoms in total. The third-order valence-corrected chi connectivity index (χ3v) is 2.13. The van der Waals surface area contributed by atoms with Crippen molar-refractivity contribution in [2.24, 2.45) is 0 Å². The highest BCUT2D eigenvalue weighted by Crippen LogP contribution is 2.21. The van der Waals surface area contributed by atoms with Crippen LogP contribution in [0.3, 0.4) is 0 Å². The summed E-state index contributed by atoms with van der Waals surface area (Å²) in [6, 6.07) is 5.92. The van der Waals surface area contributed by atoms with Crippen molar-refractivity contribution in [3.8, 4) is 0 Å². The van der Waals surface area contributed by atoms with Crippen LogP contribution in [-0.4, -0.2) is 20.3 Å². The van der Waals surface area contributed by atoms with Gasteiger partial charge in [-0.15, -0.1) is 0 Å². The Kier molecular flexibility index (Phi) is 4.26. The van der Waals surface area contributed by atoms with Gasteiger partial charge in [0, 0.05) is 20.3 Å². The average Bonchev–Trinajstić information content (AvgIpc) is 2.16.